The molecule has 1 aromatic rings. The van der Waals surface area contributed by atoms with Crippen LogP contribution in [0, 0.1) is 5.41 Å². The maximum Gasteiger partial charge on any atom is 0.408 e. The summed E-state index contributed by atoms with van der Waals surface area (Å²) in [6, 6.07) is 8.56. The number of benzene rings is 1. The summed E-state index contributed by atoms with van der Waals surface area (Å²) in [4.78, 5) is 23.4. The Bertz CT molecular complexity index is 513. The van der Waals surface area contributed by atoms with Gasteiger partial charge in [0.25, 0.3) is 0 Å². The Morgan fingerprint density at radius 3 is 2.55 bits per heavy atom. The van der Waals surface area contributed by atoms with Gasteiger partial charge in [-0.25, -0.2) is 9.59 Å². The fraction of sp³-hybridized carbons (Fsp3) is 0.500. The van der Waals surface area contributed by atoms with Gasteiger partial charge < -0.3 is 19.5 Å². The van der Waals surface area contributed by atoms with E-state index in [1.807, 2.05) is 37.3 Å². The molecular formula is C16H21NO5. The third-order valence-electron chi connectivity index (χ3n) is 3.36. The van der Waals surface area contributed by atoms with Crippen molar-refractivity contribution in [1.82, 2.24) is 5.32 Å². The summed E-state index contributed by atoms with van der Waals surface area (Å²) in [6.07, 6.45) is -0.647. The van der Waals surface area contributed by atoms with Crippen molar-refractivity contribution in [3.63, 3.8) is 0 Å². The van der Waals surface area contributed by atoms with Gasteiger partial charge in [0.15, 0.2) is 0 Å². The second kappa shape index (κ2) is 7.26. The van der Waals surface area contributed by atoms with Crippen molar-refractivity contribution in [2.45, 2.75) is 26.5 Å². The molecule has 1 fully saturated rings. The highest BCUT2D eigenvalue weighted by molar-refractivity contribution is 5.80. The van der Waals surface area contributed by atoms with E-state index in [0.717, 1.165) is 5.56 Å². The highest BCUT2D eigenvalue weighted by Gasteiger charge is 2.35. The molecule has 1 aliphatic heterocycles. The molecule has 6 nitrogen and oxygen atoms in total. The normalized spacial score (nSPS) is 17.0. The summed E-state index contributed by atoms with van der Waals surface area (Å²) in [5.41, 5.74) is 0.772. The number of carbonyl (C=O) groups is 2. The Morgan fingerprint density at radius 1 is 1.27 bits per heavy atom. The van der Waals surface area contributed by atoms with Gasteiger partial charge in [0.2, 0.25) is 0 Å². The van der Waals surface area contributed by atoms with Gasteiger partial charge in [-0.05, 0) is 12.5 Å². The first kappa shape index (κ1) is 16.3. The molecule has 2 rings (SSSR count). The van der Waals surface area contributed by atoms with Crippen LogP contribution < -0.4 is 5.32 Å². The first-order chi connectivity index (χ1) is 10.5. The van der Waals surface area contributed by atoms with E-state index in [-0.39, 0.29) is 18.6 Å². The first-order valence-corrected chi connectivity index (χ1v) is 7.20. The molecule has 1 heterocycles. The maximum atomic E-state index is 11.8. The minimum absolute atomic E-state index is 0.108. The number of rotatable bonds is 6. The molecule has 0 unspecified atom stereocenters. The van der Waals surface area contributed by atoms with E-state index < -0.39 is 18.1 Å². The molecule has 0 saturated carbocycles. The Morgan fingerprint density at radius 2 is 1.95 bits per heavy atom. The number of alkyl carbamates (subject to hydrolysis) is 1. The average Bonchev–Trinajstić information content (AvgIpc) is 2.49. The number of ether oxygens (including phenoxy) is 3. The summed E-state index contributed by atoms with van der Waals surface area (Å²) in [6.45, 7) is 5.16. The van der Waals surface area contributed by atoms with Crippen molar-refractivity contribution < 1.29 is 23.8 Å². The molecule has 1 amide bonds. The predicted molar refractivity (Wildman–Crippen MR) is 79.1 cm³/mol. The topological polar surface area (TPSA) is 73.9 Å². The molecule has 120 valence electrons. The lowest BCUT2D eigenvalue weighted by atomic mass is 9.90. The van der Waals surface area contributed by atoms with Crippen LogP contribution in [0.25, 0.3) is 0 Å². The molecule has 1 aliphatic rings. The van der Waals surface area contributed by atoms with Gasteiger partial charge in [0.1, 0.15) is 19.3 Å². The van der Waals surface area contributed by atoms with Crippen LogP contribution in [-0.4, -0.2) is 37.9 Å². The number of esters is 1. The summed E-state index contributed by atoms with van der Waals surface area (Å²) in [5, 5.41) is 2.46. The van der Waals surface area contributed by atoms with E-state index in [9.17, 15) is 9.59 Å². The number of hydrogen-bond donors (Lipinski definition) is 1. The monoisotopic (exact) mass is 307 g/mol. The number of amides is 1. The maximum absolute atomic E-state index is 11.8. The van der Waals surface area contributed by atoms with E-state index in [2.05, 4.69) is 5.32 Å². The molecular weight excluding hydrogens is 286 g/mol. The molecule has 1 atom stereocenters. The van der Waals surface area contributed by atoms with Gasteiger partial charge >= 0.3 is 12.1 Å². The third-order valence-corrected chi connectivity index (χ3v) is 3.36. The van der Waals surface area contributed by atoms with Crippen molar-refractivity contribution in [3.05, 3.63) is 35.9 Å². The largest absolute Gasteiger partial charge is 0.463 e. The standard InChI is InChI=1S/C16H21NO5/c1-12(14(18)22-11-16(2)9-20-10-16)17-15(19)21-8-13-6-4-3-5-7-13/h3-7,12H,8-11H2,1-2H3,(H,17,19)/t12-/m0/s1. The van der Waals surface area contributed by atoms with Crippen LogP contribution in [0.2, 0.25) is 0 Å². The Balaban J connectivity index is 1.67. The summed E-state index contributed by atoms with van der Waals surface area (Å²) in [7, 11) is 0. The van der Waals surface area contributed by atoms with Crippen LogP contribution in [0.3, 0.4) is 0 Å². The molecule has 1 saturated heterocycles. The summed E-state index contributed by atoms with van der Waals surface area (Å²) >= 11 is 0. The lowest BCUT2D eigenvalue weighted by Gasteiger charge is -2.37. The van der Waals surface area contributed by atoms with Gasteiger partial charge in [-0.15, -0.1) is 0 Å². The van der Waals surface area contributed by atoms with Crippen molar-refractivity contribution in [1.29, 1.82) is 0 Å². The highest BCUT2D eigenvalue weighted by Crippen LogP contribution is 2.26. The minimum Gasteiger partial charge on any atom is -0.463 e. The van der Waals surface area contributed by atoms with Crippen molar-refractivity contribution in [3.8, 4) is 0 Å². The van der Waals surface area contributed by atoms with Crippen LogP contribution in [0.5, 0.6) is 0 Å². The van der Waals surface area contributed by atoms with Crippen LogP contribution in [-0.2, 0) is 25.6 Å². The van der Waals surface area contributed by atoms with Crippen LogP contribution in [0.15, 0.2) is 30.3 Å². The van der Waals surface area contributed by atoms with Crippen molar-refractivity contribution >= 4 is 12.1 Å². The van der Waals surface area contributed by atoms with Crippen LogP contribution in [0.4, 0.5) is 4.79 Å². The number of hydrogen-bond acceptors (Lipinski definition) is 5. The van der Waals surface area contributed by atoms with E-state index in [1.54, 1.807) is 6.92 Å². The molecule has 6 heteroatoms. The minimum atomic E-state index is -0.757. The van der Waals surface area contributed by atoms with E-state index in [4.69, 9.17) is 14.2 Å². The van der Waals surface area contributed by atoms with Gasteiger partial charge in [0, 0.05) is 5.41 Å². The SMILES string of the molecule is C[C@H](NC(=O)OCc1ccccc1)C(=O)OCC1(C)COC1. The molecule has 22 heavy (non-hydrogen) atoms. The van der Waals surface area contributed by atoms with Gasteiger partial charge in [-0.2, -0.15) is 0 Å². The summed E-state index contributed by atoms with van der Waals surface area (Å²) in [5.74, 6) is -0.482. The second-order valence-electron chi connectivity index (χ2n) is 5.84. The molecule has 0 spiro atoms. The van der Waals surface area contributed by atoms with Crippen molar-refractivity contribution in [2.75, 3.05) is 19.8 Å². The fourth-order valence-corrected chi connectivity index (χ4v) is 1.90. The van der Waals surface area contributed by atoms with Gasteiger partial charge in [-0.3, -0.25) is 0 Å². The molecule has 0 bridgehead atoms. The van der Waals surface area contributed by atoms with E-state index >= 15 is 0 Å². The molecule has 1 N–H and O–H groups in total. The van der Waals surface area contributed by atoms with Crippen LogP contribution in [0.1, 0.15) is 19.4 Å². The average molecular weight is 307 g/mol. The zero-order chi connectivity index (χ0) is 16.0. The molecule has 1 aromatic carbocycles. The van der Waals surface area contributed by atoms with Gasteiger partial charge in [-0.1, -0.05) is 37.3 Å². The smallest absolute Gasteiger partial charge is 0.408 e. The molecule has 0 aliphatic carbocycles. The fourth-order valence-electron chi connectivity index (χ4n) is 1.90. The Hall–Kier alpha value is -2.08. The van der Waals surface area contributed by atoms with Gasteiger partial charge in [0.05, 0.1) is 13.2 Å². The quantitative estimate of drug-likeness (QED) is 0.812. The van der Waals surface area contributed by atoms with E-state index in [1.165, 1.54) is 0 Å². The first-order valence-electron chi connectivity index (χ1n) is 7.20. The van der Waals surface area contributed by atoms with E-state index in [0.29, 0.717) is 13.2 Å². The Labute approximate surface area is 129 Å². The second-order valence-corrected chi connectivity index (χ2v) is 5.84. The van der Waals surface area contributed by atoms with Crippen molar-refractivity contribution in [2.24, 2.45) is 5.41 Å². The highest BCUT2D eigenvalue weighted by atomic mass is 16.6. The third kappa shape index (κ3) is 4.73. The Kier molecular flexibility index (Phi) is 5.38. The molecule has 0 radical (unpaired) electrons. The lowest BCUT2D eigenvalue weighted by molar-refractivity contribution is -0.166. The lowest BCUT2D eigenvalue weighted by Crippen LogP contribution is -2.46. The zero-order valence-corrected chi connectivity index (χ0v) is 12.8. The number of carbonyl (C=O) groups excluding carboxylic acids is 2. The zero-order valence-electron chi connectivity index (χ0n) is 12.8. The molecule has 0 aromatic heterocycles. The predicted octanol–water partition coefficient (Wildman–Crippen LogP) is 1.88. The number of nitrogens with one attached hydrogen (secondary N) is 1. The van der Waals surface area contributed by atoms with Crippen LogP contribution >= 0.6 is 0 Å². The summed E-state index contributed by atoms with van der Waals surface area (Å²) < 4.78 is 15.3.